The van der Waals surface area contributed by atoms with E-state index in [1.807, 2.05) is 0 Å². The van der Waals surface area contributed by atoms with E-state index >= 15 is 0 Å². The molecule has 0 aromatic rings. The minimum Gasteiger partial charge on any atom is -0.353 e. The number of rotatable bonds is 2. The molecular formula is C8H14ClNO2. The lowest BCUT2D eigenvalue weighted by Crippen LogP contribution is -2.71. The summed E-state index contributed by atoms with van der Waals surface area (Å²) in [6.07, 6.45) is 1.82. The van der Waals surface area contributed by atoms with E-state index < -0.39 is 0 Å². The van der Waals surface area contributed by atoms with E-state index in [1.165, 1.54) is 0 Å². The summed E-state index contributed by atoms with van der Waals surface area (Å²) in [7, 11) is 3.37. The van der Waals surface area contributed by atoms with E-state index in [4.69, 9.17) is 21.1 Å². The quantitative estimate of drug-likeness (QED) is 0.400. The Morgan fingerprint density at radius 3 is 2.17 bits per heavy atom. The van der Waals surface area contributed by atoms with Crippen LogP contribution in [0.3, 0.4) is 0 Å². The van der Waals surface area contributed by atoms with E-state index in [2.05, 4.69) is 5.32 Å². The average molecular weight is 192 g/mol. The molecule has 1 heterocycles. The Kier molecular flexibility index (Phi) is 1.88. The van der Waals surface area contributed by atoms with Crippen molar-refractivity contribution in [1.29, 1.82) is 0 Å². The van der Waals surface area contributed by atoms with Crippen LogP contribution in [-0.4, -0.2) is 32.1 Å². The van der Waals surface area contributed by atoms with Gasteiger partial charge in [-0.3, -0.25) is 0 Å². The van der Waals surface area contributed by atoms with E-state index in [-0.39, 0.29) is 16.7 Å². The van der Waals surface area contributed by atoms with E-state index in [0.29, 0.717) is 0 Å². The van der Waals surface area contributed by atoms with Crippen molar-refractivity contribution in [2.45, 2.75) is 24.1 Å². The number of hydrogen-bond donors (Lipinski definition) is 1. The molecule has 2 aliphatic rings. The highest BCUT2D eigenvalue weighted by Gasteiger charge is 2.63. The highest BCUT2D eigenvalue weighted by Crippen LogP contribution is 2.56. The molecule has 0 aromatic carbocycles. The van der Waals surface area contributed by atoms with Crippen molar-refractivity contribution < 1.29 is 9.47 Å². The van der Waals surface area contributed by atoms with Gasteiger partial charge in [-0.05, 0) is 0 Å². The summed E-state index contributed by atoms with van der Waals surface area (Å²) in [5.74, 6) is -0.352. The smallest absolute Gasteiger partial charge is 0.168 e. The Morgan fingerprint density at radius 1 is 1.33 bits per heavy atom. The Hall–Kier alpha value is 0.170. The zero-order valence-corrected chi connectivity index (χ0v) is 8.15. The Labute approximate surface area is 77.4 Å². The van der Waals surface area contributed by atoms with Crippen LogP contribution < -0.4 is 5.32 Å². The number of halogens is 1. The van der Waals surface area contributed by atoms with Crippen molar-refractivity contribution in [1.82, 2.24) is 5.32 Å². The van der Waals surface area contributed by atoms with Crippen LogP contribution in [0.2, 0.25) is 0 Å². The van der Waals surface area contributed by atoms with Gasteiger partial charge in [0.1, 0.15) is 0 Å². The highest BCUT2D eigenvalue weighted by atomic mass is 35.5. The molecule has 2 fully saturated rings. The number of ether oxygens (including phenoxy) is 2. The molecule has 1 aliphatic heterocycles. The summed E-state index contributed by atoms with van der Waals surface area (Å²) >= 11 is 6.03. The number of alkyl halides is 1. The number of hydrogen-bond acceptors (Lipinski definition) is 3. The third-order valence-corrected chi connectivity index (χ3v) is 3.78. The molecule has 0 bridgehead atoms. The molecule has 1 N–H and O–H groups in total. The number of nitrogens with one attached hydrogen (secondary N) is 1. The SMILES string of the molecule is COC1(OC)CC2(CNC2Cl)C1. The van der Waals surface area contributed by atoms with Crippen LogP contribution in [0, 0.1) is 5.41 Å². The summed E-state index contributed by atoms with van der Waals surface area (Å²) in [4.78, 5) is 0. The summed E-state index contributed by atoms with van der Waals surface area (Å²) in [6.45, 7) is 0.996. The maximum absolute atomic E-state index is 6.03. The van der Waals surface area contributed by atoms with Gasteiger partial charge in [0, 0.05) is 39.0 Å². The van der Waals surface area contributed by atoms with Gasteiger partial charge < -0.3 is 14.8 Å². The zero-order chi connectivity index (χ0) is 8.82. The molecule has 0 radical (unpaired) electrons. The van der Waals surface area contributed by atoms with Gasteiger partial charge in [-0.1, -0.05) is 0 Å². The summed E-state index contributed by atoms with van der Waals surface area (Å²) < 4.78 is 10.6. The fraction of sp³-hybridized carbons (Fsp3) is 1.00. The molecule has 1 aliphatic carbocycles. The molecular weight excluding hydrogens is 178 g/mol. The second-order valence-corrected chi connectivity index (χ2v) is 4.21. The largest absolute Gasteiger partial charge is 0.353 e. The Bertz CT molecular complexity index is 178. The predicted molar refractivity (Wildman–Crippen MR) is 46.1 cm³/mol. The monoisotopic (exact) mass is 191 g/mol. The Balaban J connectivity index is 1.97. The molecule has 3 nitrogen and oxygen atoms in total. The van der Waals surface area contributed by atoms with Crippen LogP contribution in [-0.2, 0) is 9.47 Å². The van der Waals surface area contributed by atoms with Crippen LogP contribution in [0.4, 0.5) is 0 Å². The first-order chi connectivity index (χ1) is 5.66. The summed E-state index contributed by atoms with van der Waals surface area (Å²) in [5, 5.41) is 3.14. The van der Waals surface area contributed by atoms with E-state index in [0.717, 1.165) is 19.4 Å². The van der Waals surface area contributed by atoms with Crippen molar-refractivity contribution in [3.8, 4) is 0 Å². The topological polar surface area (TPSA) is 30.5 Å². The fourth-order valence-electron chi connectivity index (χ4n) is 2.17. The molecule has 1 saturated carbocycles. The fourth-order valence-corrected chi connectivity index (χ4v) is 2.47. The summed E-state index contributed by atoms with van der Waals surface area (Å²) in [6, 6.07) is 0. The van der Waals surface area contributed by atoms with Crippen LogP contribution in [0.5, 0.6) is 0 Å². The number of methoxy groups -OCH3 is 2. The van der Waals surface area contributed by atoms with Gasteiger partial charge in [0.05, 0.1) is 5.50 Å². The molecule has 1 unspecified atom stereocenters. The third-order valence-electron chi connectivity index (χ3n) is 3.16. The molecule has 12 heavy (non-hydrogen) atoms. The van der Waals surface area contributed by atoms with Crippen molar-refractivity contribution in [3.05, 3.63) is 0 Å². The first-order valence-corrected chi connectivity index (χ1v) is 4.58. The van der Waals surface area contributed by atoms with Gasteiger partial charge in [0.15, 0.2) is 5.79 Å². The average Bonchev–Trinajstić information content (AvgIpc) is 2.02. The van der Waals surface area contributed by atoms with Gasteiger partial charge in [-0.15, -0.1) is 11.6 Å². The van der Waals surface area contributed by atoms with Crippen LogP contribution in [0.1, 0.15) is 12.8 Å². The lowest BCUT2D eigenvalue weighted by Gasteiger charge is -2.61. The predicted octanol–water partition coefficient (Wildman–Crippen LogP) is 0.924. The molecule has 0 amide bonds. The van der Waals surface area contributed by atoms with Gasteiger partial charge >= 0.3 is 0 Å². The molecule has 2 rings (SSSR count). The van der Waals surface area contributed by atoms with Crippen molar-refractivity contribution in [3.63, 3.8) is 0 Å². The molecule has 4 heteroatoms. The summed E-state index contributed by atoms with van der Waals surface area (Å²) in [5.41, 5.74) is 0.351. The van der Waals surface area contributed by atoms with Gasteiger partial charge in [0.25, 0.3) is 0 Å². The minimum absolute atomic E-state index is 0.107. The van der Waals surface area contributed by atoms with Gasteiger partial charge in [-0.25, -0.2) is 0 Å². The van der Waals surface area contributed by atoms with Crippen LogP contribution in [0.15, 0.2) is 0 Å². The van der Waals surface area contributed by atoms with Crippen LogP contribution in [0.25, 0.3) is 0 Å². The standard InChI is InChI=1S/C8H14ClNO2/c1-11-8(12-2)3-7(4-8)5-10-6(7)9/h6,10H,3-5H2,1-2H3. The molecule has 0 aromatic heterocycles. The van der Waals surface area contributed by atoms with Gasteiger partial charge in [-0.2, -0.15) is 0 Å². The first-order valence-electron chi connectivity index (χ1n) is 4.14. The first kappa shape index (κ1) is 8.75. The lowest BCUT2D eigenvalue weighted by atomic mass is 9.60. The van der Waals surface area contributed by atoms with Crippen molar-refractivity contribution >= 4 is 11.6 Å². The second-order valence-electron chi connectivity index (χ2n) is 3.78. The third kappa shape index (κ3) is 0.940. The second kappa shape index (κ2) is 2.58. The zero-order valence-electron chi connectivity index (χ0n) is 7.39. The lowest BCUT2D eigenvalue weighted by molar-refractivity contribution is -0.308. The maximum atomic E-state index is 6.03. The molecule has 1 saturated heterocycles. The van der Waals surface area contributed by atoms with E-state index in [9.17, 15) is 0 Å². The maximum Gasteiger partial charge on any atom is 0.168 e. The van der Waals surface area contributed by atoms with E-state index in [1.54, 1.807) is 14.2 Å². The highest BCUT2D eigenvalue weighted by molar-refractivity contribution is 6.21. The van der Waals surface area contributed by atoms with Gasteiger partial charge in [0.2, 0.25) is 0 Å². The molecule has 1 spiro atoms. The minimum atomic E-state index is -0.352. The van der Waals surface area contributed by atoms with Crippen molar-refractivity contribution in [2.24, 2.45) is 5.41 Å². The van der Waals surface area contributed by atoms with Crippen LogP contribution >= 0.6 is 11.6 Å². The Morgan fingerprint density at radius 2 is 1.92 bits per heavy atom. The molecule has 70 valence electrons. The van der Waals surface area contributed by atoms with Crippen molar-refractivity contribution in [2.75, 3.05) is 20.8 Å². The normalized spacial score (nSPS) is 35.8. The molecule has 1 atom stereocenters.